The van der Waals surface area contributed by atoms with Crippen LogP contribution in [0.3, 0.4) is 0 Å². The van der Waals surface area contributed by atoms with Gasteiger partial charge in [0.25, 0.3) is 0 Å². The van der Waals surface area contributed by atoms with Gasteiger partial charge in [0.05, 0.1) is 6.10 Å². The molecule has 1 aromatic carbocycles. The molecule has 1 aliphatic rings. The van der Waals surface area contributed by atoms with Crippen molar-refractivity contribution in [2.75, 3.05) is 0 Å². The van der Waals surface area contributed by atoms with E-state index in [-0.39, 0.29) is 0 Å². The number of ether oxygens (including phenoxy) is 1. The predicted octanol–water partition coefficient (Wildman–Crippen LogP) is 3.10. The Morgan fingerprint density at radius 1 is 1.23 bits per heavy atom. The van der Waals surface area contributed by atoms with Crippen molar-refractivity contribution < 1.29 is 4.74 Å². The quantitative estimate of drug-likeness (QED) is 0.645. The van der Waals surface area contributed by atoms with Gasteiger partial charge in [-0.25, -0.2) is 0 Å². The van der Waals surface area contributed by atoms with Crippen LogP contribution in [0.1, 0.15) is 37.5 Å². The van der Waals surface area contributed by atoms with Gasteiger partial charge in [0.15, 0.2) is 0 Å². The van der Waals surface area contributed by atoms with Crippen LogP contribution in [0.2, 0.25) is 0 Å². The molecule has 1 saturated heterocycles. The summed E-state index contributed by atoms with van der Waals surface area (Å²) in [5.74, 6) is 0. The van der Waals surface area contributed by atoms with Gasteiger partial charge >= 0.3 is 0 Å². The van der Waals surface area contributed by atoms with E-state index in [9.17, 15) is 0 Å². The summed E-state index contributed by atoms with van der Waals surface area (Å²) < 4.78 is 5.40. The first-order valence-corrected chi connectivity index (χ1v) is 5.05. The molecule has 13 heavy (non-hydrogen) atoms. The van der Waals surface area contributed by atoms with Crippen LogP contribution in [0, 0.1) is 0 Å². The Kier molecular flexibility index (Phi) is 2.36. The average Bonchev–Trinajstić information content (AvgIpc) is 2.85. The van der Waals surface area contributed by atoms with Crippen molar-refractivity contribution in [1.82, 2.24) is 0 Å². The first-order chi connectivity index (χ1) is 6.31. The summed E-state index contributed by atoms with van der Waals surface area (Å²) >= 11 is 0. The monoisotopic (exact) mass is 176 g/mol. The number of rotatable bonds is 3. The first-order valence-electron chi connectivity index (χ1n) is 5.05. The van der Waals surface area contributed by atoms with Gasteiger partial charge in [0.1, 0.15) is 6.10 Å². The fraction of sp³-hybridized carbons (Fsp3) is 0.500. The number of hydrogen-bond acceptors (Lipinski definition) is 1. The summed E-state index contributed by atoms with van der Waals surface area (Å²) in [7, 11) is 0. The van der Waals surface area contributed by atoms with Crippen LogP contribution < -0.4 is 0 Å². The fourth-order valence-corrected chi connectivity index (χ4v) is 1.70. The van der Waals surface area contributed by atoms with E-state index in [0.29, 0.717) is 12.2 Å². The van der Waals surface area contributed by atoms with E-state index in [0.717, 1.165) is 0 Å². The molecule has 0 saturated carbocycles. The van der Waals surface area contributed by atoms with Gasteiger partial charge in [0.2, 0.25) is 0 Å². The van der Waals surface area contributed by atoms with E-state index >= 15 is 0 Å². The normalized spacial score (nSPS) is 26.0. The lowest BCUT2D eigenvalue weighted by molar-refractivity contribution is 0.383. The molecule has 0 aromatic heterocycles. The summed E-state index contributed by atoms with van der Waals surface area (Å²) in [5, 5.41) is 0. The minimum absolute atomic E-state index is 0.371. The second kappa shape index (κ2) is 3.51. The van der Waals surface area contributed by atoms with Crippen molar-refractivity contribution in [3.8, 4) is 0 Å². The molecule has 2 unspecified atom stereocenters. The summed E-state index contributed by atoms with van der Waals surface area (Å²) in [6.45, 7) is 4.32. The molecule has 1 heterocycles. The summed E-state index contributed by atoms with van der Waals surface area (Å²) in [6, 6.07) is 8.82. The van der Waals surface area contributed by atoms with Crippen LogP contribution in [0.25, 0.3) is 0 Å². The Balaban J connectivity index is 2.06. The zero-order valence-electron chi connectivity index (χ0n) is 8.29. The molecule has 0 N–H and O–H groups in total. The van der Waals surface area contributed by atoms with Crippen LogP contribution in [0.15, 0.2) is 24.3 Å². The van der Waals surface area contributed by atoms with E-state index < -0.39 is 0 Å². The molecule has 0 aliphatic carbocycles. The van der Waals surface area contributed by atoms with Crippen molar-refractivity contribution in [3.63, 3.8) is 0 Å². The summed E-state index contributed by atoms with van der Waals surface area (Å²) in [4.78, 5) is 0. The Morgan fingerprint density at radius 2 is 1.85 bits per heavy atom. The maximum absolute atomic E-state index is 5.40. The lowest BCUT2D eigenvalue weighted by atomic mass is 10.1. The zero-order chi connectivity index (χ0) is 9.26. The van der Waals surface area contributed by atoms with Gasteiger partial charge in [-0.05, 0) is 24.5 Å². The maximum atomic E-state index is 5.40. The standard InChI is InChI=1S/C12H16O/c1-3-4-10-5-7-11(8-6-10)12-9(2)13-12/h5-9,12H,3-4H2,1-2H3. The third-order valence-corrected chi connectivity index (χ3v) is 2.56. The maximum Gasteiger partial charge on any atom is 0.109 e. The fourth-order valence-electron chi connectivity index (χ4n) is 1.70. The second-order valence-corrected chi connectivity index (χ2v) is 3.75. The zero-order valence-corrected chi connectivity index (χ0v) is 8.29. The van der Waals surface area contributed by atoms with E-state index in [4.69, 9.17) is 4.74 Å². The van der Waals surface area contributed by atoms with Gasteiger partial charge in [-0.15, -0.1) is 0 Å². The van der Waals surface area contributed by atoms with Crippen LogP contribution in [-0.2, 0) is 11.2 Å². The van der Waals surface area contributed by atoms with Crippen molar-refractivity contribution >= 4 is 0 Å². The van der Waals surface area contributed by atoms with E-state index in [1.165, 1.54) is 24.0 Å². The lowest BCUT2D eigenvalue weighted by Gasteiger charge is -1.99. The van der Waals surface area contributed by atoms with Crippen LogP contribution in [0.5, 0.6) is 0 Å². The Morgan fingerprint density at radius 3 is 2.31 bits per heavy atom. The predicted molar refractivity (Wildman–Crippen MR) is 53.7 cm³/mol. The molecular weight excluding hydrogens is 160 g/mol. The van der Waals surface area contributed by atoms with Crippen LogP contribution in [0.4, 0.5) is 0 Å². The molecule has 2 rings (SSSR count). The number of aryl methyl sites for hydroxylation is 1. The molecule has 0 spiro atoms. The SMILES string of the molecule is CCCc1ccc(C2OC2C)cc1. The molecule has 1 fully saturated rings. The summed E-state index contributed by atoms with van der Waals surface area (Å²) in [5.41, 5.74) is 2.76. The highest BCUT2D eigenvalue weighted by molar-refractivity contribution is 5.27. The van der Waals surface area contributed by atoms with Gasteiger partial charge in [-0.3, -0.25) is 0 Å². The molecule has 1 aromatic rings. The molecule has 0 amide bonds. The highest BCUT2D eigenvalue weighted by atomic mass is 16.6. The van der Waals surface area contributed by atoms with Gasteiger partial charge in [-0.1, -0.05) is 37.6 Å². The van der Waals surface area contributed by atoms with E-state index in [1.54, 1.807) is 0 Å². The van der Waals surface area contributed by atoms with E-state index in [2.05, 4.69) is 38.1 Å². The van der Waals surface area contributed by atoms with Crippen molar-refractivity contribution in [2.45, 2.75) is 38.9 Å². The largest absolute Gasteiger partial charge is 0.365 e. The van der Waals surface area contributed by atoms with Crippen molar-refractivity contribution in [3.05, 3.63) is 35.4 Å². The Hall–Kier alpha value is -0.820. The average molecular weight is 176 g/mol. The molecule has 0 radical (unpaired) electrons. The molecule has 2 atom stereocenters. The molecule has 1 aliphatic heterocycles. The summed E-state index contributed by atoms with van der Waals surface area (Å²) in [6.07, 6.45) is 3.20. The first kappa shape index (κ1) is 8.76. The highest BCUT2D eigenvalue weighted by Gasteiger charge is 2.35. The molecular formula is C12H16O. The third-order valence-electron chi connectivity index (χ3n) is 2.56. The number of benzene rings is 1. The lowest BCUT2D eigenvalue weighted by Crippen LogP contribution is -1.86. The van der Waals surface area contributed by atoms with Gasteiger partial charge in [-0.2, -0.15) is 0 Å². The highest BCUT2D eigenvalue weighted by Crippen LogP contribution is 2.37. The molecule has 1 nitrogen and oxygen atoms in total. The van der Waals surface area contributed by atoms with E-state index in [1.807, 2.05) is 0 Å². The van der Waals surface area contributed by atoms with Crippen LogP contribution >= 0.6 is 0 Å². The Labute approximate surface area is 79.7 Å². The smallest absolute Gasteiger partial charge is 0.109 e. The second-order valence-electron chi connectivity index (χ2n) is 3.75. The topological polar surface area (TPSA) is 12.5 Å². The minimum atomic E-state index is 0.371. The molecule has 1 heteroatoms. The van der Waals surface area contributed by atoms with Crippen molar-refractivity contribution in [2.24, 2.45) is 0 Å². The van der Waals surface area contributed by atoms with Crippen LogP contribution in [-0.4, -0.2) is 6.10 Å². The minimum Gasteiger partial charge on any atom is -0.365 e. The van der Waals surface area contributed by atoms with Gasteiger partial charge < -0.3 is 4.74 Å². The number of hydrogen-bond donors (Lipinski definition) is 0. The van der Waals surface area contributed by atoms with Gasteiger partial charge in [0, 0.05) is 0 Å². The molecule has 70 valence electrons. The Bertz CT molecular complexity index is 276. The third kappa shape index (κ3) is 1.92. The van der Waals surface area contributed by atoms with Crippen molar-refractivity contribution in [1.29, 1.82) is 0 Å². The number of epoxide rings is 1. The molecule has 0 bridgehead atoms.